The van der Waals surface area contributed by atoms with Gasteiger partial charge in [-0.1, -0.05) is 70.5 Å². The second-order valence-electron chi connectivity index (χ2n) is 4.82. The van der Waals surface area contributed by atoms with Crippen LogP contribution in [-0.2, 0) is 0 Å². The average molecular weight is 343 g/mol. The van der Waals surface area contributed by atoms with Crippen LogP contribution in [0.1, 0.15) is 20.8 Å². The molecular formula is C18H15BrS. The van der Waals surface area contributed by atoms with Gasteiger partial charge in [0, 0.05) is 4.88 Å². The Hall–Kier alpha value is -1.38. The molecule has 20 heavy (non-hydrogen) atoms. The lowest BCUT2D eigenvalue weighted by Gasteiger charge is -2.11. The summed E-state index contributed by atoms with van der Waals surface area (Å²) in [5.41, 5.74) is 5.17. The van der Waals surface area contributed by atoms with Crippen LogP contribution in [0.3, 0.4) is 0 Å². The van der Waals surface area contributed by atoms with Gasteiger partial charge < -0.3 is 0 Å². The fourth-order valence-electron chi connectivity index (χ4n) is 2.27. The van der Waals surface area contributed by atoms with E-state index in [1.807, 2.05) is 6.07 Å². The Morgan fingerprint density at radius 1 is 0.850 bits per heavy atom. The minimum Gasteiger partial charge on any atom is -0.147 e. The number of aryl methyl sites for hydroxylation is 1. The lowest BCUT2D eigenvalue weighted by molar-refractivity contribution is 1.20. The molecule has 0 saturated heterocycles. The van der Waals surface area contributed by atoms with Gasteiger partial charge in [0.2, 0.25) is 0 Å². The van der Waals surface area contributed by atoms with E-state index >= 15 is 0 Å². The zero-order chi connectivity index (χ0) is 13.9. The molecule has 3 rings (SSSR count). The van der Waals surface area contributed by atoms with Crippen LogP contribution in [0.15, 0.2) is 66.0 Å². The van der Waals surface area contributed by atoms with Crippen molar-refractivity contribution < 1.29 is 0 Å². The summed E-state index contributed by atoms with van der Waals surface area (Å²) in [7, 11) is 0. The number of benzene rings is 2. The molecule has 100 valence electrons. The number of hydrogen-bond donors (Lipinski definition) is 0. The molecule has 0 amide bonds. The molecule has 1 atom stereocenters. The second-order valence-corrected chi connectivity index (χ2v) is 6.68. The first-order valence-corrected chi connectivity index (χ1v) is 8.38. The molecule has 0 fully saturated rings. The molecule has 1 heterocycles. The van der Waals surface area contributed by atoms with Gasteiger partial charge in [-0.3, -0.25) is 0 Å². The van der Waals surface area contributed by atoms with Crippen molar-refractivity contribution in [2.24, 2.45) is 0 Å². The summed E-state index contributed by atoms with van der Waals surface area (Å²) in [6.45, 7) is 2.17. The van der Waals surface area contributed by atoms with Crippen molar-refractivity contribution in [3.63, 3.8) is 0 Å². The van der Waals surface area contributed by atoms with Gasteiger partial charge in [-0.2, -0.15) is 0 Å². The van der Waals surface area contributed by atoms with E-state index in [0.717, 1.165) is 0 Å². The quantitative estimate of drug-likeness (QED) is 0.496. The van der Waals surface area contributed by atoms with Gasteiger partial charge in [-0.25, -0.2) is 0 Å². The van der Waals surface area contributed by atoms with Crippen LogP contribution in [0.25, 0.3) is 11.1 Å². The largest absolute Gasteiger partial charge is 0.147 e. The van der Waals surface area contributed by atoms with E-state index in [-0.39, 0.29) is 4.83 Å². The number of rotatable bonds is 3. The molecule has 0 aliphatic carbocycles. The highest BCUT2D eigenvalue weighted by Gasteiger charge is 2.13. The molecule has 0 bridgehead atoms. The summed E-state index contributed by atoms with van der Waals surface area (Å²) < 4.78 is 0. The van der Waals surface area contributed by atoms with E-state index in [9.17, 15) is 0 Å². The first-order chi connectivity index (χ1) is 9.75. The third kappa shape index (κ3) is 2.72. The fraction of sp³-hybridized carbons (Fsp3) is 0.111. The van der Waals surface area contributed by atoms with Crippen LogP contribution in [-0.4, -0.2) is 0 Å². The van der Waals surface area contributed by atoms with Crippen molar-refractivity contribution in [1.82, 2.24) is 0 Å². The summed E-state index contributed by atoms with van der Waals surface area (Å²) in [4.78, 5) is 1.67. The normalized spacial score (nSPS) is 12.3. The highest BCUT2D eigenvalue weighted by Crippen LogP contribution is 2.36. The smallest absolute Gasteiger partial charge is 0.0740 e. The van der Waals surface area contributed by atoms with Crippen LogP contribution < -0.4 is 0 Å². The van der Waals surface area contributed by atoms with Crippen molar-refractivity contribution in [3.8, 4) is 11.1 Å². The SMILES string of the molecule is Cc1ccsc1C(Br)c1ccc(-c2ccccc2)cc1. The summed E-state index contributed by atoms with van der Waals surface area (Å²) >= 11 is 5.62. The fourth-order valence-corrected chi connectivity index (χ4v) is 4.19. The third-order valence-corrected chi connectivity index (χ3v) is 5.82. The maximum Gasteiger partial charge on any atom is 0.0740 e. The van der Waals surface area contributed by atoms with Gasteiger partial charge >= 0.3 is 0 Å². The Morgan fingerprint density at radius 2 is 1.50 bits per heavy atom. The summed E-state index contributed by atoms with van der Waals surface area (Å²) in [5.74, 6) is 0. The first-order valence-electron chi connectivity index (χ1n) is 6.59. The molecule has 0 spiro atoms. The van der Waals surface area contributed by atoms with Gasteiger partial charge in [-0.15, -0.1) is 11.3 Å². The van der Waals surface area contributed by atoms with Gasteiger partial charge in [0.1, 0.15) is 0 Å². The number of hydrogen-bond acceptors (Lipinski definition) is 1. The van der Waals surface area contributed by atoms with Crippen molar-refractivity contribution >= 4 is 27.3 Å². The van der Waals surface area contributed by atoms with Crippen molar-refractivity contribution in [1.29, 1.82) is 0 Å². The molecule has 2 aromatic carbocycles. The number of halogens is 1. The number of thiophene rings is 1. The molecule has 0 aliphatic rings. The van der Waals surface area contributed by atoms with E-state index in [1.165, 1.54) is 27.1 Å². The molecular weight excluding hydrogens is 328 g/mol. The summed E-state index contributed by atoms with van der Waals surface area (Å²) in [6, 6.07) is 21.5. The summed E-state index contributed by atoms with van der Waals surface area (Å²) in [5, 5.41) is 2.15. The van der Waals surface area contributed by atoms with Crippen molar-refractivity contribution in [3.05, 3.63) is 82.0 Å². The topological polar surface area (TPSA) is 0 Å². The zero-order valence-electron chi connectivity index (χ0n) is 11.2. The minimum atomic E-state index is 0.285. The lowest BCUT2D eigenvalue weighted by atomic mass is 10.0. The van der Waals surface area contributed by atoms with E-state index in [1.54, 1.807) is 11.3 Å². The van der Waals surface area contributed by atoms with Crippen LogP contribution in [0.2, 0.25) is 0 Å². The Kier molecular flexibility index (Phi) is 4.04. The monoisotopic (exact) mass is 342 g/mol. The van der Waals surface area contributed by atoms with Gasteiger partial charge in [0.15, 0.2) is 0 Å². The minimum absolute atomic E-state index is 0.285. The van der Waals surface area contributed by atoms with Gasteiger partial charge in [0.25, 0.3) is 0 Å². The molecule has 0 N–H and O–H groups in total. The van der Waals surface area contributed by atoms with Crippen LogP contribution in [0.5, 0.6) is 0 Å². The predicted octanol–water partition coefficient (Wildman–Crippen LogP) is 6.21. The van der Waals surface area contributed by atoms with E-state index in [2.05, 4.69) is 82.8 Å². The highest BCUT2D eigenvalue weighted by molar-refractivity contribution is 9.09. The molecule has 0 saturated carbocycles. The van der Waals surface area contributed by atoms with E-state index < -0.39 is 0 Å². The highest BCUT2D eigenvalue weighted by atomic mass is 79.9. The molecule has 1 unspecified atom stereocenters. The number of alkyl halides is 1. The zero-order valence-corrected chi connectivity index (χ0v) is 13.6. The average Bonchev–Trinajstić information content (AvgIpc) is 2.94. The van der Waals surface area contributed by atoms with E-state index in [0.29, 0.717) is 0 Å². The Labute approximate surface area is 132 Å². The molecule has 1 aromatic heterocycles. The first kappa shape index (κ1) is 13.6. The van der Waals surface area contributed by atoms with Crippen molar-refractivity contribution in [2.75, 3.05) is 0 Å². The standard InChI is InChI=1S/C18H15BrS/c1-13-11-12-20-18(13)17(19)16-9-7-15(8-10-16)14-5-3-2-4-6-14/h2-12,17H,1H3. The maximum atomic E-state index is 3.82. The van der Waals surface area contributed by atoms with Crippen molar-refractivity contribution in [2.45, 2.75) is 11.8 Å². The second kappa shape index (κ2) is 5.94. The van der Waals surface area contributed by atoms with Crippen LogP contribution in [0, 0.1) is 6.92 Å². The summed E-state index contributed by atoms with van der Waals surface area (Å²) in [6.07, 6.45) is 0. The Balaban J connectivity index is 1.89. The lowest BCUT2D eigenvalue weighted by Crippen LogP contribution is -1.91. The molecule has 3 aromatic rings. The Bertz CT molecular complexity index is 683. The third-order valence-electron chi connectivity index (χ3n) is 3.44. The van der Waals surface area contributed by atoms with Crippen LogP contribution in [0.4, 0.5) is 0 Å². The van der Waals surface area contributed by atoms with E-state index in [4.69, 9.17) is 0 Å². The molecule has 0 aliphatic heterocycles. The molecule has 2 heteroatoms. The maximum absolute atomic E-state index is 3.82. The predicted molar refractivity (Wildman–Crippen MR) is 91.7 cm³/mol. The van der Waals surface area contributed by atoms with Gasteiger partial charge in [-0.05, 0) is 40.6 Å². The molecule has 0 nitrogen and oxygen atoms in total. The molecule has 0 radical (unpaired) electrons. The Morgan fingerprint density at radius 3 is 2.10 bits per heavy atom. The van der Waals surface area contributed by atoms with Gasteiger partial charge in [0.05, 0.1) is 4.83 Å². The van der Waals surface area contributed by atoms with Crippen LogP contribution >= 0.6 is 27.3 Å².